The van der Waals surface area contributed by atoms with Gasteiger partial charge in [-0.1, -0.05) is 13.8 Å². The van der Waals surface area contributed by atoms with Crippen LogP contribution in [0.25, 0.3) is 16.8 Å². The van der Waals surface area contributed by atoms with Crippen LogP contribution < -0.4 is 14.8 Å². The summed E-state index contributed by atoms with van der Waals surface area (Å²) in [6.45, 7) is 8.59. The van der Waals surface area contributed by atoms with Gasteiger partial charge in [0.2, 0.25) is 0 Å². The SMILES string of the molecule is CCC(CC)Nc1c2c(nc3c(-c4c(C)cc(OC)cc4OC)c(C)nn13)CCC2. The molecule has 2 heterocycles. The summed E-state index contributed by atoms with van der Waals surface area (Å²) >= 11 is 0. The molecule has 1 aliphatic carbocycles. The summed E-state index contributed by atoms with van der Waals surface area (Å²) in [6.07, 6.45) is 5.37. The number of aromatic nitrogens is 3. The molecular weight excluding hydrogens is 376 g/mol. The Labute approximate surface area is 178 Å². The highest BCUT2D eigenvalue weighted by molar-refractivity contribution is 5.87. The highest BCUT2D eigenvalue weighted by Gasteiger charge is 2.27. The first kappa shape index (κ1) is 20.5. The van der Waals surface area contributed by atoms with E-state index in [0.717, 1.165) is 77.5 Å². The molecule has 0 bridgehead atoms. The van der Waals surface area contributed by atoms with Gasteiger partial charge in [0.25, 0.3) is 0 Å². The molecule has 1 N–H and O–H groups in total. The van der Waals surface area contributed by atoms with Crippen LogP contribution in [-0.4, -0.2) is 34.9 Å². The minimum atomic E-state index is 0.422. The van der Waals surface area contributed by atoms with Crippen molar-refractivity contribution < 1.29 is 9.47 Å². The zero-order chi connectivity index (χ0) is 21.4. The fourth-order valence-electron chi connectivity index (χ4n) is 4.59. The van der Waals surface area contributed by atoms with Gasteiger partial charge in [-0.3, -0.25) is 0 Å². The van der Waals surface area contributed by atoms with Crippen LogP contribution in [-0.2, 0) is 12.8 Å². The van der Waals surface area contributed by atoms with E-state index < -0.39 is 0 Å². The summed E-state index contributed by atoms with van der Waals surface area (Å²) in [6, 6.07) is 4.39. The van der Waals surface area contributed by atoms with Crippen LogP contribution in [0.1, 0.15) is 55.6 Å². The van der Waals surface area contributed by atoms with Crippen LogP contribution in [0.15, 0.2) is 12.1 Å². The van der Waals surface area contributed by atoms with Gasteiger partial charge in [-0.05, 0) is 57.6 Å². The molecule has 0 amide bonds. The molecule has 4 rings (SSSR count). The highest BCUT2D eigenvalue weighted by atomic mass is 16.5. The molecule has 0 saturated carbocycles. The molecular formula is C24H32N4O2. The summed E-state index contributed by atoms with van der Waals surface area (Å²) in [5.74, 6) is 2.68. The minimum absolute atomic E-state index is 0.422. The third-order valence-electron chi connectivity index (χ3n) is 6.27. The number of nitrogens with zero attached hydrogens (tertiary/aromatic N) is 3. The number of benzene rings is 1. The average molecular weight is 409 g/mol. The first-order valence-corrected chi connectivity index (χ1v) is 10.9. The molecule has 0 fully saturated rings. The standard InChI is InChI=1S/C24H32N4O2/c1-7-16(8-2)25-23-18-10-9-11-19(18)26-24-22(15(4)27-28(23)24)21-14(3)12-17(29-5)13-20(21)30-6/h12-13,16,25H,7-11H2,1-6H3. The van der Waals surface area contributed by atoms with E-state index in [9.17, 15) is 0 Å². The summed E-state index contributed by atoms with van der Waals surface area (Å²) < 4.78 is 13.2. The maximum Gasteiger partial charge on any atom is 0.165 e. The van der Waals surface area contributed by atoms with Crippen molar-refractivity contribution in [2.45, 2.75) is 65.8 Å². The van der Waals surface area contributed by atoms with Crippen LogP contribution >= 0.6 is 0 Å². The molecule has 30 heavy (non-hydrogen) atoms. The van der Waals surface area contributed by atoms with Gasteiger partial charge in [0.15, 0.2) is 5.65 Å². The van der Waals surface area contributed by atoms with Crippen molar-refractivity contribution in [3.63, 3.8) is 0 Å². The Kier molecular flexibility index (Phi) is 5.58. The van der Waals surface area contributed by atoms with E-state index >= 15 is 0 Å². The molecule has 160 valence electrons. The molecule has 6 heteroatoms. The number of ether oxygens (including phenoxy) is 2. The lowest BCUT2D eigenvalue weighted by Gasteiger charge is -2.20. The summed E-state index contributed by atoms with van der Waals surface area (Å²) in [7, 11) is 3.37. The molecule has 0 saturated heterocycles. The van der Waals surface area contributed by atoms with Crippen molar-refractivity contribution in [3.05, 3.63) is 34.6 Å². The van der Waals surface area contributed by atoms with E-state index in [4.69, 9.17) is 19.6 Å². The van der Waals surface area contributed by atoms with Gasteiger partial charge in [0, 0.05) is 28.9 Å². The number of hydrogen-bond donors (Lipinski definition) is 1. The van der Waals surface area contributed by atoms with Crippen molar-refractivity contribution >= 4 is 11.5 Å². The number of aryl methyl sites for hydroxylation is 3. The van der Waals surface area contributed by atoms with Gasteiger partial charge < -0.3 is 14.8 Å². The quantitative estimate of drug-likeness (QED) is 0.588. The summed E-state index contributed by atoms with van der Waals surface area (Å²) in [5.41, 5.74) is 7.52. The lowest BCUT2D eigenvalue weighted by atomic mass is 9.99. The van der Waals surface area contributed by atoms with Gasteiger partial charge in [-0.15, -0.1) is 0 Å². The number of nitrogens with one attached hydrogen (secondary N) is 1. The van der Waals surface area contributed by atoms with E-state index in [1.54, 1.807) is 14.2 Å². The predicted molar refractivity (Wildman–Crippen MR) is 121 cm³/mol. The number of anilines is 1. The number of hydrogen-bond acceptors (Lipinski definition) is 5. The lowest BCUT2D eigenvalue weighted by Crippen LogP contribution is -2.21. The van der Waals surface area contributed by atoms with E-state index in [0.29, 0.717) is 6.04 Å². The van der Waals surface area contributed by atoms with Crippen LogP contribution in [0.2, 0.25) is 0 Å². The first-order valence-electron chi connectivity index (χ1n) is 10.9. The van der Waals surface area contributed by atoms with Crippen LogP contribution in [0.3, 0.4) is 0 Å². The van der Waals surface area contributed by atoms with Gasteiger partial charge in [-0.2, -0.15) is 9.61 Å². The monoisotopic (exact) mass is 408 g/mol. The maximum atomic E-state index is 5.76. The van der Waals surface area contributed by atoms with Gasteiger partial charge in [-0.25, -0.2) is 4.98 Å². The molecule has 6 nitrogen and oxygen atoms in total. The van der Waals surface area contributed by atoms with Gasteiger partial charge in [0.05, 0.1) is 25.5 Å². The van der Waals surface area contributed by atoms with Crippen molar-refractivity contribution in [3.8, 4) is 22.6 Å². The van der Waals surface area contributed by atoms with Gasteiger partial charge >= 0.3 is 0 Å². The molecule has 1 aliphatic rings. The van der Waals surface area contributed by atoms with Crippen molar-refractivity contribution in [1.82, 2.24) is 14.6 Å². The molecule has 0 radical (unpaired) electrons. The summed E-state index contributed by atoms with van der Waals surface area (Å²) in [4.78, 5) is 5.11. The zero-order valence-corrected chi connectivity index (χ0v) is 18.9. The Morgan fingerprint density at radius 3 is 2.50 bits per heavy atom. The average Bonchev–Trinajstić information content (AvgIpc) is 3.34. The molecule has 0 atom stereocenters. The Morgan fingerprint density at radius 2 is 1.83 bits per heavy atom. The maximum absolute atomic E-state index is 5.76. The minimum Gasteiger partial charge on any atom is -0.497 e. The third kappa shape index (κ3) is 3.28. The second kappa shape index (κ2) is 8.17. The Hall–Kier alpha value is -2.76. The van der Waals surface area contributed by atoms with Crippen molar-refractivity contribution in [2.24, 2.45) is 0 Å². The largest absolute Gasteiger partial charge is 0.497 e. The predicted octanol–water partition coefficient (Wildman–Crippen LogP) is 5.12. The van der Waals surface area contributed by atoms with E-state index in [1.807, 2.05) is 16.6 Å². The van der Waals surface area contributed by atoms with Crippen LogP contribution in [0.4, 0.5) is 5.82 Å². The Morgan fingerprint density at radius 1 is 1.07 bits per heavy atom. The van der Waals surface area contributed by atoms with Gasteiger partial charge in [0.1, 0.15) is 17.3 Å². The molecule has 1 aromatic carbocycles. The summed E-state index contributed by atoms with van der Waals surface area (Å²) in [5, 5.41) is 8.74. The van der Waals surface area contributed by atoms with E-state index in [1.165, 1.54) is 11.3 Å². The Balaban J connectivity index is 1.99. The molecule has 0 unspecified atom stereocenters. The highest BCUT2D eigenvalue weighted by Crippen LogP contribution is 2.41. The smallest absolute Gasteiger partial charge is 0.165 e. The number of rotatable bonds is 7. The number of methoxy groups -OCH3 is 2. The van der Waals surface area contributed by atoms with E-state index in [-0.39, 0.29) is 0 Å². The third-order valence-corrected chi connectivity index (χ3v) is 6.27. The van der Waals surface area contributed by atoms with Crippen LogP contribution in [0, 0.1) is 13.8 Å². The normalized spacial score (nSPS) is 13.2. The first-order chi connectivity index (χ1) is 14.5. The van der Waals surface area contributed by atoms with Crippen molar-refractivity contribution in [1.29, 1.82) is 0 Å². The van der Waals surface area contributed by atoms with Crippen molar-refractivity contribution in [2.75, 3.05) is 19.5 Å². The molecule has 0 spiro atoms. The number of fused-ring (bicyclic) bond motifs is 2. The Bertz CT molecular complexity index is 1080. The zero-order valence-electron chi connectivity index (χ0n) is 18.9. The lowest BCUT2D eigenvalue weighted by molar-refractivity contribution is 0.395. The molecule has 3 aromatic rings. The molecule has 0 aliphatic heterocycles. The second-order valence-electron chi connectivity index (χ2n) is 8.11. The fraction of sp³-hybridized carbons (Fsp3) is 0.500. The topological polar surface area (TPSA) is 60.7 Å². The van der Waals surface area contributed by atoms with Crippen LogP contribution in [0.5, 0.6) is 11.5 Å². The van der Waals surface area contributed by atoms with E-state index in [2.05, 4.69) is 33.0 Å². The fourth-order valence-corrected chi connectivity index (χ4v) is 4.59. The second-order valence-corrected chi connectivity index (χ2v) is 8.11. The molecule has 2 aromatic heterocycles.